The molecule has 0 bridgehead atoms. The lowest BCUT2D eigenvalue weighted by Crippen LogP contribution is -2.08. The van der Waals surface area contributed by atoms with Gasteiger partial charge >= 0.3 is 0 Å². The van der Waals surface area contributed by atoms with Gasteiger partial charge in [0.2, 0.25) is 0 Å². The highest BCUT2D eigenvalue weighted by Crippen LogP contribution is 2.28. The summed E-state index contributed by atoms with van der Waals surface area (Å²) in [4.78, 5) is 9.18. The number of methoxy groups -OCH3 is 2. The summed E-state index contributed by atoms with van der Waals surface area (Å²) in [6.07, 6.45) is 2.62. The van der Waals surface area contributed by atoms with E-state index in [-0.39, 0.29) is 0 Å². The molecule has 2 heterocycles. The van der Waals surface area contributed by atoms with Crippen LogP contribution in [0.4, 0.5) is 5.82 Å². The highest BCUT2D eigenvalue weighted by molar-refractivity contribution is 5.87. The van der Waals surface area contributed by atoms with Crippen LogP contribution < -0.4 is 14.8 Å². The first-order chi connectivity index (χ1) is 14.2. The van der Waals surface area contributed by atoms with Gasteiger partial charge in [0.1, 0.15) is 11.6 Å². The Morgan fingerprint density at radius 2 is 1.76 bits per heavy atom. The normalized spacial score (nSPS) is 10.9. The molecule has 0 atom stereocenters. The lowest BCUT2D eigenvalue weighted by atomic mass is 10.1. The van der Waals surface area contributed by atoms with Crippen LogP contribution in [0.2, 0.25) is 0 Å². The number of hydrogen-bond acceptors (Lipinski definition) is 6. The van der Waals surface area contributed by atoms with Gasteiger partial charge in [-0.3, -0.25) is 0 Å². The number of fused-ring (bicyclic) bond motifs is 1. The van der Waals surface area contributed by atoms with Crippen LogP contribution in [0, 0.1) is 6.92 Å². The van der Waals surface area contributed by atoms with E-state index < -0.39 is 0 Å². The van der Waals surface area contributed by atoms with Gasteiger partial charge in [0.25, 0.3) is 0 Å². The van der Waals surface area contributed by atoms with Gasteiger partial charge in [0.15, 0.2) is 17.1 Å². The summed E-state index contributed by atoms with van der Waals surface area (Å²) < 4.78 is 12.5. The van der Waals surface area contributed by atoms with E-state index in [1.165, 1.54) is 0 Å². The number of ether oxygens (including phenoxy) is 2. The summed E-state index contributed by atoms with van der Waals surface area (Å²) in [5.41, 5.74) is 2.91. The zero-order chi connectivity index (χ0) is 20.2. The van der Waals surface area contributed by atoms with Crippen LogP contribution in [0.25, 0.3) is 16.7 Å². The van der Waals surface area contributed by atoms with Crippen molar-refractivity contribution in [2.24, 2.45) is 0 Å². The number of anilines is 1. The van der Waals surface area contributed by atoms with E-state index in [1.54, 1.807) is 20.4 Å². The summed E-state index contributed by atoms with van der Waals surface area (Å²) in [6, 6.07) is 15.9. The molecule has 1 N–H and O–H groups in total. The molecule has 7 nitrogen and oxygen atoms in total. The molecule has 4 rings (SSSR count). The van der Waals surface area contributed by atoms with Crippen molar-refractivity contribution in [3.63, 3.8) is 0 Å². The fraction of sp³-hybridized carbons (Fsp3) is 0.227. The lowest BCUT2D eigenvalue weighted by Gasteiger charge is -2.11. The predicted octanol–water partition coefficient (Wildman–Crippen LogP) is 3.80. The Hall–Kier alpha value is -3.61. The van der Waals surface area contributed by atoms with E-state index in [9.17, 15) is 0 Å². The van der Waals surface area contributed by atoms with Crippen LogP contribution >= 0.6 is 0 Å². The van der Waals surface area contributed by atoms with E-state index in [1.807, 2.05) is 60.1 Å². The standard InChI is InChI=1S/C22H23N5O2/c1-15-25-21(23-12-11-16-9-10-19(28-2)20(13-16)29-3)18-14-24-27(22(18)26-15)17-7-5-4-6-8-17/h4-10,13-14H,11-12H2,1-3H3,(H,23,25,26). The van der Waals surface area contributed by atoms with Crippen molar-refractivity contribution >= 4 is 16.9 Å². The average molecular weight is 389 g/mol. The van der Waals surface area contributed by atoms with Crippen molar-refractivity contribution in [2.45, 2.75) is 13.3 Å². The third-order valence-corrected chi connectivity index (χ3v) is 4.70. The topological polar surface area (TPSA) is 74.1 Å². The van der Waals surface area contributed by atoms with Crippen molar-refractivity contribution in [2.75, 3.05) is 26.1 Å². The van der Waals surface area contributed by atoms with Gasteiger partial charge in [-0.2, -0.15) is 5.10 Å². The van der Waals surface area contributed by atoms with Gasteiger partial charge in [0.05, 0.1) is 31.5 Å². The SMILES string of the molecule is COc1ccc(CCNc2nc(C)nc3c2cnn3-c2ccccc2)cc1OC. The molecule has 0 aliphatic rings. The summed E-state index contributed by atoms with van der Waals surface area (Å²) >= 11 is 0. The van der Waals surface area contributed by atoms with Gasteiger partial charge in [-0.25, -0.2) is 14.6 Å². The van der Waals surface area contributed by atoms with Crippen LogP contribution in [0.5, 0.6) is 11.5 Å². The predicted molar refractivity (Wildman–Crippen MR) is 113 cm³/mol. The molecule has 0 aliphatic heterocycles. The molecule has 0 radical (unpaired) electrons. The molecule has 0 spiro atoms. The molecular formula is C22H23N5O2. The molecule has 0 saturated heterocycles. The Kier molecular flexibility index (Phi) is 5.29. The molecule has 7 heteroatoms. The smallest absolute Gasteiger partial charge is 0.168 e. The molecule has 0 aliphatic carbocycles. The second-order valence-corrected chi connectivity index (χ2v) is 6.61. The number of benzene rings is 2. The van der Waals surface area contributed by atoms with E-state index >= 15 is 0 Å². The van der Waals surface area contributed by atoms with E-state index in [0.717, 1.165) is 52.6 Å². The maximum absolute atomic E-state index is 5.38. The zero-order valence-electron chi connectivity index (χ0n) is 16.7. The lowest BCUT2D eigenvalue weighted by molar-refractivity contribution is 0.354. The van der Waals surface area contributed by atoms with Crippen LogP contribution in [0.15, 0.2) is 54.7 Å². The van der Waals surface area contributed by atoms with Gasteiger partial charge in [0, 0.05) is 6.54 Å². The molecule has 2 aromatic carbocycles. The molecule has 0 saturated carbocycles. The van der Waals surface area contributed by atoms with Crippen molar-refractivity contribution in [1.82, 2.24) is 19.7 Å². The monoisotopic (exact) mass is 389 g/mol. The average Bonchev–Trinajstić information content (AvgIpc) is 3.18. The summed E-state index contributed by atoms with van der Waals surface area (Å²) in [6.45, 7) is 2.61. The first kappa shape index (κ1) is 18.7. The maximum Gasteiger partial charge on any atom is 0.168 e. The van der Waals surface area contributed by atoms with Gasteiger partial charge in [-0.05, 0) is 43.2 Å². The quantitative estimate of drug-likeness (QED) is 0.518. The van der Waals surface area contributed by atoms with Crippen LogP contribution in [0.1, 0.15) is 11.4 Å². The molecule has 29 heavy (non-hydrogen) atoms. The first-order valence-electron chi connectivity index (χ1n) is 9.42. The Morgan fingerprint density at radius 1 is 0.966 bits per heavy atom. The van der Waals surface area contributed by atoms with Gasteiger partial charge < -0.3 is 14.8 Å². The number of rotatable bonds is 7. The van der Waals surface area contributed by atoms with Gasteiger partial charge in [-0.15, -0.1) is 0 Å². The maximum atomic E-state index is 5.38. The fourth-order valence-electron chi connectivity index (χ4n) is 3.27. The summed E-state index contributed by atoms with van der Waals surface area (Å²) in [7, 11) is 3.28. The molecule has 4 aromatic rings. The molecule has 0 fully saturated rings. The number of nitrogens with zero attached hydrogens (tertiary/aromatic N) is 4. The van der Waals surface area contributed by atoms with E-state index in [4.69, 9.17) is 9.47 Å². The third kappa shape index (κ3) is 3.85. The van der Waals surface area contributed by atoms with Crippen LogP contribution in [-0.4, -0.2) is 40.5 Å². The molecule has 0 unspecified atom stereocenters. The Morgan fingerprint density at radius 3 is 2.52 bits per heavy atom. The number of aromatic nitrogens is 4. The zero-order valence-corrected chi connectivity index (χ0v) is 16.7. The Bertz CT molecular complexity index is 1120. The molecule has 0 amide bonds. The molecule has 148 valence electrons. The minimum absolute atomic E-state index is 0.698. The second kappa shape index (κ2) is 8.18. The highest BCUT2D eigenvalue weighted by Gasteiger charge is 2.12. The van der Waals surface area contributed by atoms with Crippen LogP contribution in [-0.2, 0) is 6.42 Å². The minimum Gasteiger partial charge on any atom is -0.493 e. The van der Waals surface area contributed by atoms with Crippen molar-refractivity contribution in [3.05, 3.63) is 66.1 Å². The van der Waals surface area contributed by atoms with E-state index in [0.29, 0.717) is 5.82 Å². The molecular weight excluding hydrogens is 366 g/mol. The molecule has 2 aromatic heterocycles. The minimum atomic E-state index is 0.698. The largest absolute Gasteiger partial charge is 0.493 e. The number of hydrogen-bond donors (Lipinski definition) is 1. The van der Waals surface area contributed by atoms with Crippen molar-refractivity contribution in [3.8, 4) is 17.2 Å². The number of nitrogens with one attached hydrogen (secondary N) is 1. The summed E-state index contributed by atoms with van der Waals surface area (Å²) in [5, 5.41) is 8.85. The van der Waals surface area contributed by atoms with Crippen molar-refractivity contribution < 1.29 is 9.47 Å². The van der Waals surface area contributed by atoms with Gasteiger partial charge in [-0.1, -0.05) is 24.3 Å². The van der Waals surface area contributed by atoms with Crippen LogP contribution in [0.3, 0.4) is 0 Å². The Labute approximate surface area is 169 Å². The Balaban J connectivity index is 1.55. The second-order valence-electron chi connectivity index (χ2n) is 6.61. The number of aryl methyl sites for hydroxylation is 1. The fourth-order valence-corrected chi connectivity index (χ4v) is 3.27. The highest BCUT2D eigenvalue weighted by atomic mass is 16.5. The van der Waals surface area contributed by atoms with E-state index in [2.05, 4.69) is 20.4 Å². The number of para-hydroxylation sites is 1. The summed E-state index contributed by atoms with van der Waals surface area (Å²) in [5.74, 6) is 2.94. The first-order valence-corrected chi connectivity index (χ1v) is 9.42. The third-order valence-electron chi connectivity index (χ3n) is 4.70. The van der Waals surface area contributed by atoms with Crippen molar-refractivity contribution in [1.29, 1.82) is 0 Å².